The predicted molar refractivity (Wildman–Crippen MR) is 91.5 cm³/mol. The first kappa shape index (κ1) is 18.4. The summed E-state index contributed by atoms with van der Waals surface area (Å²) in [5.74, 6) is -2.09. The molecule has 0 unspecified atom stereocenters. The summed E-state index contributed by atoms with van der Waals surface area (Å²) in [4.78, 5) is 22.1. The number of thioether (sulfide) groups is 1. The second-order valence-corrected chi connectivity index (χ2v) is 6.05. The average molecular weight is 392 g/mol. The number of nitro groups is 1. The Labute approximate surface area is 154 Å². The molecule has 138 valence electrons. The van der Waals surface area contributed by atoms with Crippen molar-refractivity contribution in [2.45, 2.75) is 5.16 Å². The lowest BCUT2D eigenvalue weighted by molar-refractivity contribution is -0.384. The van der Waals surface area contributed by atoms with E-state index in [1.165, 1.54) is 22.9 Å². The SMILES string of the molecule is O=C(CSc1nnnn1-c1cccc(F)c1)Nc1cc([N+](=O)[O-])ccc1F. The lowest BCUT2D eigenvalue weighted by atomic mass is 10.2. The third-order valence-corrected chi connectivity index (χ3v) is 4.18. The molecule has 0 saturated carbocycles. The molecular formula is C15H10F2N6O3S. The van der Waals surface area contributed by atoms with E-state index in [-0.39, 0.29) is 22.3 Å². The van der Waals surface area contributed by atoms with Crippen LogP contribution in [0.4, 0.5) is 20.2 Å². The third kappa shape index (κ3) is 4.41. The summed E-state index contributed by atoms with van der Waals surface area (Å²) in [6.07, 6.45) is 0. The zero-order valence-corrected chi connectivity index (χ0v) is 14.2. The number of nitrogens with zero attached hydrogens (tertiary/aromatic N) is 5. The molecule has 0 atom stereocenters. The Bertz CT molecular complexity index is 1010. The minimum Gasteiger partial charge on any atom is -0.323 e. The molecule has 0 fully saturated rings. The Hall–Kier alpha value is -3.41. The number of aromatic nitrogens is 4. The van der Waals surface area contributed by atoms with Crippen LogP contribution in [-0.4, -0.2) is 36.8 Å². The molecule has 3 rings (SSSR count). The lowest BCUT2D eigenvalue weighted by Crippen LogP contribution is -2.15. The molecule has 0 spiro atoms. The summed E-state index contributed by atoms with van der Waals surface area (Å²) in [7, 11) is 0. The molecule has 0 aliphatic carbocycles. The number of non-ortho nitro benzene ring substituents is 1. The van der Waals surface area contributed by atoms with Gasteiger partial charge in [-0.05, 0) is 34.7 Å². The van der Waals surface area contributed by atoms with Crippen molar-refractivity contribution in [1.29, 1.82) is 0 Å². The van der Waals surface area contributed by atoms with Gasteiger partial charge in [0.25, 0.3) is 5.69 Å². The van der Waals surface area contributed by atoms with E-state index in [4.69, 9.17) is 0 Å². The summed E-state index contributed by atoms with van der Waals surface area (Å²) in [6.45, 7) is 0. The van der Waals surface area contributed by atoms with Gasteiger partial charge in [-0.25, -0.2) is 8.78 Å². The van der Waals surface area contributed by atoms with Crippen LogP contribution in [0, 0.1) is 21.7 Å². The van der Waals surface area contributed by atoms with Crippen LogP contribution in [0.15, 0.2) is 47.6 Å². The van der Waals surface area contributed by atoms with Crippen molar-refractivity contribution in [3.8, 4) is 5.69 Å². The first-order valence-corrected chi connectivity index (χ1v) is 8.33. The van der Waals surface area contributed by atoms with Gasteiger partial charge >= 0.3 is 0 Å². The molecule has 27 heavy (non-hydrogen) atoms. The molecule has 1 N–H and O–H groups in total. The second kappa shape index (κ2) is 7.86. The van der Waals surface area contributed by atoms with E-state index < -0.39 is 22.5 Å². The van der Waals surface area contributed by atoms with Gasteiger partial charge in [-0.1, -0.05) is 17.8 Å². The van der Waals surface area contributed by atoms with Crippen molar-refractivity contribution in [3.05, 3.63) is 64.2 Å². The van der Waals surface area contributed by atoms with Crippen molar-refractivity contribution < 1.29 is 18.5 Å². The van der Waals surface area contributed by atoms with E-state index in [9.17, 15) is 23.7 Å². The fraction of sp³-hybridized carbons (Fsp3) is 0.0667. The predicted octanol–water partition coefficient (Wildman–Crippen LogP) is 2.58. The Morgan fingerprint density at radius 2 is 2.07 bits per heavy atom. The normalized spacial score (nSPS) is 10.6. The molecule has 1 aromatic heterocycles. The van der Waals surface area contributed by atoms with E-state index in [1.54, 1.807) is 6.07 Å². The smallest absolute Gasteiger partial charge is 0.271 e. The summed E-state index contributed by atoms with van der Waals surface area (Å²) in [6, 6.07) is 8.37. The van der Waals surface area contributed by atoms with Crippen LogP contribution in [0.2, 0.25) is 0 Å². The molecule has 1 amide bonds. The van der Waals surface area contributed by atoms with E-state index in [0.29, 0.717) is 5.69 Å². The number of carbonyl (C=O) groups is 1. The molecule has 0 aliphatic heterocycles. The number of amides is 1. The third-order valence-electron chi connectivity index (χ3n) is 3.26. The van der Waals surface area contributed by atoms with E-state index >= 15 is 0 Å². The number of tetrazole rings is 1. The number of anilines is 1. The van der Waals surface area contributed by atoms with Crippen LogP contribution in [-0.2, 0) is 4.79 Å². The fourth-order valence-corrected chi connectivity index (χ4v) is 2.77. The zero-order valence-electron chi connectivity index (χ0n) is 13.4. The highest BCUT2D eigenvalue weighted by atomic mass is 32.2. The van der Waals surface area contributed by atoms with Crippen LogP contribution >= 0.6 is 11.8 Å². The van der Waals surface area contributed by atoms with Crippen LogP contribution in [0.5, 0.6) is 0 Å². The number of halogens is 2. The van der Waals surface area contributed by atoms with Crippen molar-refractivity contribution in [2.24, 2.45) is 0 Å². The maximum absolute atomic E-state index is 13.7. The van der Waals surface area contributed by atoms with E-state index in [2.05, 4.69) is 20.8 Å². The molecule has 2 aromatic carbocycles. The first-order chi connectivity index (χ1) is 12.9. The topological polar surface area (TPSA) is 116 Å². The number of hydrogen-bond donors (Lipinski definition) is 1. The maximum atomic E-state index is 13.7. The van der Waals surface area contributed by atoms with Crippen LogP contribution in [0.25, 0.3) is 5.69 Å². The number of hydrogen-bond acceptors (Lipinski definition) is 7. The van der Waals surface area contributed by atoms with Gasteiger partial charge in [0.1, 0.15) is 11.6 Å². The van der Waals surface area contributed by atoms with Crippen LogP contribution < -0.4 is 5.32 Å². The van der Waals surface area contributed by atoms with Crippen LogP contribution in [0.3, 0.4) is 0 Å². The number of carbonyl (C=O) groups excluding carboxylic acids is 1. The number of rotatable bonds is 6. The van der Waals surface area contributed by atoms with Gasteiger partial charge in [-0.3, -0.25) is 14.9 Å². The number of nitro benzene ring substituents is 1. The van der Waals surface area contributed by atoms with Gasteiger partial charge < -0.3 is 5.32 Å². The molecule has 0 aliphatic rings. The highest BCUT2D eigenvalue weighted by Crippen LogP contribution is 2.23. The summed E-state index contributed by atoms with van der Waals surface area (Å²) in [5, 5.41) is 24.2. The van der Waals surface area contributed by atoms with Crippen molar-refractivity contribution in [3.63, 3.8) is 0 Å². The largest absolute Gasteiger partial charge is 0.323 e. The average Bonchev–Trinajstić information content (AvgIpc) is 3.10. The quantitative estimate of drug-likeness (QED) is 0.389. The Morgan fingerprint density at radius 3 is 2.81 bits per heavy atom. The number of benzene rings is 2. The van der Waals surface area contributed by atoms with Gasteiger partial charge in [-0.15, -0.1) is 5.10 Å². The highest BCUT2D eigenvalue weighted by molar-refractivity contribution is 7.99. The molecule has 0 bridgehead atoms. The van der Waals surface area contributed by atoms with Crippen molar-refractivity contribution >= 4 is 29.0 Å². The molecule has 3 aromatic rings. The van der Waals surface area contributed by atoms with Gasteiger partial charge in [0, 0.05) is 12.1 Å². The van der Waals surface area contributed by atoms with Crippen LogP contribution in [0.1, 0.15) is 0 Å². The Kier molecular flexibility index (Phi) is 5.35. The van der Waals surface area contributed by atoms with Crippen molar-refractivity contribution in [1.82, 2.24) is 20.2 Å². The van der Waals surface area contributed by atoms with Crippen molar-refractivity contribution in [2.75, 3.05) is 11.1 Å². The van der Waals surface area contributed by atoms with Gasteiger partial charge in [0.15, 0.2) is 0 Å². The standard InChI is InChI=1S/C15H10F2N6O3S/c16-9-2-1-3-10(6-9)22-15(19-20-21-22)27-8-14(24)18-13-7-11(23(25)26)4-5-12(13)17/h1-7H,8H2,(H,18,24). The second-order valence-electron chi connectivity index (χ2n) is 5.11. The molecule has 0 radical (unpaired) electrons. The number of nitrogens with one attached hydrogen (secondary N) is 1. The monoisotopic (exact) mass is 392 g/mol. The first-order valence-electron chi connectivity index (χ1n) is 7.35. The zero-order chi connectivity index (χ0) is 19.4. The van der Waals surface area contributed by atoms with E-state index in [1.807, 2.05) is 0 Å². The molecular weight excluding hydrogens is 382 g/mol. The van der Waals surface area contributed by atoms with E-state index in [0.717, 1.165) is 30.0 Å². The lowest BCUT2D eigenvalue weighted by Gasteiger charge is -2.07. The minimum atomic E-state index is -0.802. The molecule has 0 saturated heterocycles. The molecule has 1 heterocycles. The summed E-state index contributed by atoms with van der Waals surface area (Å²) < 4.78 is 28.3. The fourth-order valence-electron chi connectivity index (χ4n) is 2.08. The van der Waals surface area contributed by atoms with Gasteiger partial charge in [-0.2, -0.15) is 4.68 Å². The summed E-state index contributed by atoms with van der Waals surface area (Å²) in [5.41, 5.74) is -0.290. The maximum Gasteiger partial charge on any atom is 0.271 e. The van der Waals surface area contributed by atoms with Gasteiger partial charge in [0.05, 0.1) is 22.1 Å². The minimum absolute atomic E-state index is 0.197. The Morgan fingerprint density at radius 1 is 1.26 bits per heavy atom. The summed E-state index contributed by atoms with van der Waals surface area (Å²) >= 11 is 0.934. The van der Waals surface area contributed by atoms with Gasteiger partial charge in [0.2, 0.25) is 11.1 Å². The molecule has 12 heteroatoms. The Balaban J connectivity index is 1.68. The highest BCUT2D eigenvalue weighted by Gasteiger charge is 2.15. The molecule has 9 nitrogen and oxygen atoms in total.